The number of nitrogen functional groups attached to an aromatic ring is 1. The van der Waals surface area contributed by atoms with Gasteiger partial charge in [-0.1, -0.05) is 0 Å². The van der Waals surface area contributed by atoms with Gasteiger partial charge in [0.2, 0.25) is 0 Å². The van der Waals surface area contributed by atoms with Crippen molar-refractivity contribution in [2.24, 2.45) is 0 Å². The van der Waals surface area contributed by atoms with Gasteiger partial charge < -0.3 is 20.7 Å². The number of carbonyl (C=O) groups is 1. The predicted molar refractivity (Wildman–Crippen MR) is 78.4 cm³/mol. The second-order valence-corrected chi connectivity index (χ2v) is 5.37. The molecular formula is C13H23N5O2. The molecule has 0 aromatic carbocycles. The van der Waals surface area contributed by atoms with Crippen molar-refractivity contribution < 1.29 is 9.53 Å². The molecule has 1 aromatic rings. The maximum absolute atomic E-state index is 9.60. The van der Waals surface area contributed by atoms with Gasteiger partial charge >= 0.3 is 0 Å². The molecule has 1 aliphatic heterocycles. The van der Waals surface area contributed by atoms with Crippen molar-refractivity contribution >= 4 is 18.0 Å². The zero-order valence-corrected chi connectivity index (χ0v) is 12.3. The first-order valence-electron chi connectivity index (χ1n) is 6.56. The number of aromatic nitrogens is 2. The van der Waals surface area contributed by atoms with E-state index in [1.54, 1.807) is 6.20 Å². The number of nitrogens with one attached hydrogen (secondary N) is 1. The summed E-state index contributed by atoms with van der Waals surface area (Å²) in [5, 5.41) is 3.28. The van der Waals surface area contributed by atoms with E-state index in [0.29, 0.717) is 12.2 Å². The molecule has 0 radical (unpaired) electrons. The molecule has 1 aromatic heterocycles. The highest BCUT2D eigenvalue weighted by molar-refractivity contribution is 5.61. The second kappa shape index (κ2) is 7.64. The largest absolute Gasteiger partial charge is 0.462 e. The van der Waals surface area contributed by atoms with E-state index in [0.717, 1.165) is 32.0 Å². The summed E-state index contributed by atoms with van der Waals surface area (Å²) in [5.74, 6) is 0.858. The molecule has 3 N–H and O–H groups in total. The van der Waals surface area contributed by atoms with E-state index in [-0.39, 0.29) is 5.60 Å². The Kier molecular flexibility index (Phi) is 6.17. The number of hydrogen-bond donors (Lipinski definition) is 2. The summed E-state index contributed by atoms with van der Waals surface area (Å²) >= 11 is 0. The van der Waals surface area contributed by atoms with Gasteiger partial charge in [0.15, 0.2) is 5.82 Å². The number of carbonyl (C=O) groups excluding carboxylic acids is 1. The van der Waals surface area contributed by atoms with Crippen molar-refractivity contribution in [2.75, 3.05) is 36.8 Å². The molecule has 0 saturated carbocycles. The van der Waals surface area contributed by atoms with Crippen LogP contribution in [0.15, 0.2) is 12.5 Å². The molecule has 2 rings (SSSR count). The van der Waals surface area contributed by atoms with Gasteiger partial charge in [0.1, 0.15) is 11.9 Å². The van der Waals surface area contributed by atoms with Gasteiger partial charge in [0.25, 0.3) is 6.47 Å². The normalized spacial score (nSPS) is 15.1. The number of ether oxygens (including phenoxy) is 1. The van der Waals surface area contributed by atoms with Gasteiger partial charge in [-0.3, -0.25) is 4.79 Å². The lowest BCUT2D eigenvalue weighted by Crippen LogP contribution is -2.44. The summed E-state index contributed by atoms with van der Waals surface area (Å²) in [6, 6.07) is 0. The predicted octanol–water partition coefficient (Wildman–Crippen LogP) is 0.426. The highest BCUT2D eigenvalue weighted by Gasteiger charge is 2.13. The Labute approximate surface area is 119 Å². The van der Waals surface area contributed by atoms with Crippen molar-refractivity contribution in [3.8, 4) is 0 Å². The first-order valence-corrected chi connectivity index (χ1v) is 6.56. The Morgan fingerprint density at radius 1 is 1.40 bits per heavy atom. The summed E-state index contributed by atoms with van der Waals surface area (Å²) in [5.41, 5.74) is 6.10. The van der Waals surface area contributed by atoms with Gasteiger partial charge in [-0.15, -0.1) is 0 Å². The van der Waals surface area contributed by atoms with Gasteiger partial charge in [0.05, 0.1) is 11.9 Å². The van der Waals surface area contributed by atoms with Gasteiger partial charge in [0, 0.05) is 26.2 Å². The molecule has 2 heterocycles. The topological polar surface area (TPSA) is 93.4 Å². The second-order valence-electron chi connectivity index (χ2n) is 5.37. The van der Waals surface area contributed by atoms with Crippen LogP contribution in [0.4, 0.5) is 11.5 Å². The average molecular weight is 281 g/mol. The quantitative estimate of drug-likeness (QED) is 0.759. The van der Waals surface area contributed by atoms with Crippen molar-refractivity contribution in [1.82, 2.24) is 15.3 Å². The lowest BCUT2D eigenvalue weighted by atomic mass is 10.2. The van der Waals surface area contributed by atoms with E-state index in [1.165, 1.54) is 6.33 Å². The number of nitrogens with two attached hydrogens (primary N) is 1. The molecule has 112 valence electrons. The van der Waals surface area contributed by atoms with Gasteiger partial charge in [-0.25, -0.2) is 9.97 Å². The van der Waals surface area contributed by atoms with Crippen LogP contribution in [0.5, 0.6) is 0 Å². The smallest absolute Gasteiger partial charge is 0.293 e. The van der Waals surface area contributed by atoms with Crippen molar-refractivity contribution in [1.29, 1.82) is 0 Å². The highest BCUT2D eigenvalue weighted by Crippen LogP contribution is 2.17. The van der Waals surface area contributed by atoms with Gasteiger partial charge in [-0.2, -0.15) is 0 Å². The number of anilines is 2. The van der Waals surface area contributed by atoms with E-state index in [9.17, 15) is 4.79 Å². The molecule has 1 fully saturated rings. The maximum Gasteiger partial charge on any atom is 0.293 e. The summed E-state index contributed by atoms with van der Waals surface area (Å²) < 4.78 is 4.55. The molecule has 1 aliphatic rings. The van der Waals surface area contributed by atoms with Crippen molar-refractivity contribution in [2.45, 2.75) is 26.4 Å². The molecule has 0 amide bonds. The average Bonchev–Trinajstić information content (AvgIpc) is 2.40. The Hall–Kier alpha value is -1.89. The van der Waals surface area contributed by atoms with Crippen LogP contribution in [0.2, 0.25) is 0 Å². The van der Waals surface area contributed by atoms with Crippen LogP contribution in [0.3, 0.4) is 0 Å². The maximum atomic E-state index is 9.60. The van der Waals surface area contributed by atoms with E-state index in [1.807, 2.05) is 20.8 Å². The fourth-order valence-corrected chi connectivity index (χ4v) is 1.62. The molecule has 1 saturated heterocycles. The molecular weight excluding hydrogens is 258 g/mol. The van der Waals surface area contributed by atoms with Crippen LogP contribution >= 0.6 is 0 Å². The summed E-state index contributed by atoms with van der Waals surface area (Å²) in [4.78, 5) is 19.8. The third-order valence-electron chi connectivity index (χ3n) is 2.54. The van der Waals surface area contributed by atoms with Crippen LogP contribution in [0, 0.1) is 0 Å². The van der Waals surface area contributed by atoms with E-state index >= 15 is 0 Å². The van der Waals surface area contributed by atoms with Crippen molar-refractivity contribution in [3.63, 3.8) is 0 Å². The number of piperazine rings is 1. The van der Waals surface area contributed by atoms with E-state index in [2.05, 4.69) is 24.9 Å². The zero-order chi connectivity index (χ0) is 15.0. The minimum absolute atomic E-state index is 0.318. The third-order valence-corrected chi connectivity index (χ3v) is 2.54. The fraction of sp³-hybridized carbons (Fsp3) is 0.615. The molecule has 0 unspecified atom stereocenters. The standard InChI is InChI=1S/C8H13N5.C5H10O2/c9-7-5-11-6-12-8(7)13-3-1-10-2-4-13;1-5(2,3)7-4-6/h5-6,10H,1-4,9H2;4H,1-3H3. The highest BCUT2D eigenvalue weighted by atomic mass is 16.5. The van der Waals surface area contributed by atoms with E-state index in [4.69, 9.17) is 5.73 Å². The van der Waals surface area contributed by atoms with Crippen LogP contribution in [0.25, 0.3) is 0 Å². The first-order chi connectivity index (χ1) is 9.44. The van der Waals surface area contributed by atoms with E-state index < -0.39 is 0 Å². The Morgan fingerprint density at radius 2 is 2.05 bits per heavy atom. The van der Waals surface area contributed by atoms with Crippen molar-refractivity contribution in [3.05, 3.63) is 12.5 Å². The number of nitrogens with zero attached hydrogens (tertiary/aromatic N) is 3. The number of rotatable bonds is 2. The Balaban J connectivity index is 0.000000246. The monoisotopic (exact) mass is 281 g/mol. The van der Waals surface area contributed by atoms with Crippen LogP contribution < -0.4 is 16.0 Å². The van der Waals surface area contributed by atoms with Crippen LogP contribution in [-0.2, 0) is 9.53 Å². The molecule has 0 atom stereocenters. The third kappa shape index (κ3) is 5.83. The number of hydrogen-bond acceptors (Lipinski definition) is 7. The summed E-state index contributed by atoms with van der Waals surface area (Å²) in [7, 11) is 0. The molecule has 0 spiro atoms. The van der Waals surface area contributed by atoms with Gasteiger partial charge in [-0.05, 0) is 20.8 Å². The lowest BCUT2D eigenvalue weighted by molar-refractivity contribution is -0.138. The Morgan fingerprint density at radius 3 is 2.50 bits per heavy atom. The summed E-state index contributed by atoms with van der Waals surface area (Å²) in [6.45, 7) is 9.82. The Bertz CT molecular complexity index is 413. The molecule has 7 heteroatoms. The molecule has 20 heavy (non-hydrogen) atoms. The minimum atomic E-state index is -0.318. The lowest BCUT2D eigenvalue weighted by Gasteiger charge is -2.28. The fourth-order valence-electron chi connectivity index (χ4n) is 1.62. The summed E-state index contributed by atoms with van der Waals surface area (Å²) in [6.07, 6.45) is 3.18. The molecule has 0 bridgehead atoms. The van der Waals surface area contributed by atoms with Crippen LogP contribution in [0.1, 0.15) is 20.8 Å². The minimum Gasteiger partial charge on any atom is -0.462 e. The zero-order valence-electron chi connectivity index (χ0n) is 12.3. The molecule has 7 nitrogen and oxygen atoms in total. The van der Waals surface area contributed by atoms with Crippen LogP contribution in [-0.4, -0.2) is 48.2 Å². The molecule has 0 aliphatic carbocycles. The SMILES string of the molecule is CC(C)(C)OC=O.Nc1cncnc1N1CCNCC1. The first kappa shape index (κ1) is 16.2.